The van der Waals surface area contributed by atoms with Gasteiger partial charge in [0, 0.05) is 6.04 Å². The maximum absolute atomic E-state index is 6.20. The molecule has 0 spiro atoms. The molecule has 1 heterocycles. The van der Waals surface area contributed by atoms with Crippen LogP contribution in [0.15, 0.2) is 66.2 Å². The zero-order chi connectivity index (χ0) is 20.6. The van der Waals surface area contributed by atoms with E-state index in [0.29, 0.717) is 18.5 Å². The van der Waals surface area contributed by atoms with Crippen molar-refractivity contribution >= 4 is 29.9 Å². The molecule has 4 rings (SSSR count). The van der Waals surface area contributed by atoms with Gasteiger partial charge in [0.2, 0.25) is 0 Å². The van der Waals surface area contributed by atoms with E-state index in [0.717, 1.165) is 6.54 Å². The number of nitrogens with one attached hydrogen (secondary N) is 1. The third kappa shape index (κ3) is 6.78. The first-order chi connectivity index (χ1) is 14.8. The van der Waals surface area contributed by atoms with Gasteiger partial charge in [0.05, 0.1) is 13.1 Å². The smallest absolute Gasteiger partial charge is 0.189 e. The summed E-state index contributed by atoms with van der Waals surface area (Å²) in [5.41, 5.74) is 10.9. The van der Waals surface area contributed by atoms with Gasteiger partial charge in [0.15, 0.2) is 5.96 Å². The molecule has 7 heteroatoms. The lowest BCUT2D eigenvalue weighted by molar-refractivity contribution is 0.530. The van der Waals surface area contributed by atoms with Crippen LogP contribution in [0.4, 0.5) is 0 Å². The summed E-state index contributed by atoms with van der Waals surface area (Å²) < 4.78 is 1.82. The Morgan fingerprint density at radius 2 is 1.77 bits per heavy atom. The van der Waals surface area contributed by atoms with Crippen molar-refractivity contribution < 1.29 is 0 Å². The van der Waals surface area contributed by atoms with E-state index in [-0.39, 0.29) is 24.0 Å². The molecule has 0 radical (unpaired) electrons. The molecule has 1 aromatic heterocycles. The Labute approximate surface area is 201 Å². The van der Waals surface area contributed by atoms with Crippen LogP contribution >= 0.6 is 24.0 Å². The fourth-order valence-electron chi connectivity index (χ4n) is 4.08. The van der Waals surface area contributed by atoms with E-state index in [1.165, 1.54) is 60.8 Å². The maximum Gasteiger partial charge on any atom is 0.189 e. The second kappa shape index (κ2) is 11.8. The average Bonchev–Trinajstić information content (AvgIpc) is 3.15. The fraction of sp³-hybridized carbons (Fsp3) is 0.375. The summed E-state index contributed by atoms with van der Waals surface area (Å²) >= 11 is 0. The van der Waals surface area contributed by atoms with E-state index in [9.17, 15) is 0 Å². The van der Waals surface area contributed by atoms with Gasteiger partial charge in [-0.1, -0.05) is 74.2 Å². The number of nitrogens with two attached hydrogens (primary N) is 1. The van der Waals surface area contributed by atoms with Crippen LogP contribution < -0.4 is 11.1 Å². The molecule has 3 aromatic rings. The first kappa shape index (κ1) is 23.2. The number of hydrogen-bond acceptors (Lipinski definition) is 3. The quantitative estimate of drug-likeness (QED) is 0.209. The van der Waals surface area contributed by atoms with E-state index in [1.54, 1.807) is 12.7 Å². The molecule has 6 nitrogen and oxygen atoms in total. The molecular weight excluding hydrogens is 499 g/mol. The molecule has 0 atom stereocenters. The van der Waals surface area contributed by atoms with Gasteiger partial charge in [0.1, 0.15) is 12.7 Å². The number of benzene rings is 2. The predicted octanol–water partition coefficient (Wildman–Crippen LogP) is 4.74. The molecule has 0 aliphatic heterocycles. The van der Waals surface area contributed by atoms with Gasteiger partial charge in [-0.2, -0.15) is 5.10 Å². The minimum absolute atomic E-state index is 0. The van der Waals surface area contributed by atoms with Crippen LogP contribution in [0.1, 0.15) is 49.7 Å². The summed E-state index contributed by atoms with van der Waals surface area (Å²) in [5.74, 6) is 0.555. The topological polar surface area (TPSA) is 81.1 Å². The van der Waals surface area contributed by atoms with E-state index >= 15 is 0 Å². The molecule has 0 saturated heterocycles. The summed E-state index contributed by atoms with van der Waals surface area (Å²) in [6, 6.07) is 17.4. The minimum Gasteiger partial charge on any atom is -0.370 e. The van der Waals surface area contributed by atoms with Gasteiger partial charge in [-0.05, 0) is 35.1 Å². The largest absolute Gasteiger partial charge is 0.370 e. The van der Waals surface area contributed by atoms with Crippen molar-refractivity contribution in [2.24, 2.45) is 10.7 Å². The predicted molar refractivity (Wildman–Crippen MR) is 136 cm³/mol. The third-order valence-corrected chi connectivity index (χ3v) is 5.72. The molecule has 0 bridgehead atoms. The van der Waals surface area contributed by atoms with Crippen LogP contribution in [0.2, 0.25) is 0 Å². The fourth-order valence-corrected chi connectivity index (χ4v) is 4.08. The van der Waals surface area contributed by atoms with Crippen molar-refractivity contribution in [3.8, 4) is 11.1 Å². The molecule has 1 aliphatic carbocycles. The number of rotatable bonds is 6. The van der Waals surface area contributed by atoms with Crippen molar-refractivity contribution in [3.63, 3.8) is 0 Å². The highest BCUT2D eigenvalue weighted by Gasteiger charge is 2.12. The highest BCUT2D eigenvalue weighted by atomic mass is 127. The standard InChI is InChI=1S/C24H30N6.HI/c25-24(29-22-8-3-1-2-4-9-22)27-15-21-7-5-6-10-23(21)20-13-11-19(12-14-20)16-30-18-26-17-28-30;/h5-7,10-14,17-18,22H,1-4,8-9,15-16H2,(H3,25,27,29);1H. The van der Waals surface area contributed by atoms with E-state index < -0.39 is 0 Å². The zero-order valence-corrected chi connectivity index (χ0v) is 20.1. The Balaban J connectivity index is 0.00000272. The highest BCUT2D eigenvalue weighted by Crippen LogP contribution is 2.25. The minimum atomic E-state index is 0. The molecule has 0 amide bonds. The number of halogens is 1. The van der Waals surface area contributed by atoms with Crippen LogP contribution in [0.5, 0.6) is 0 Å². The lowest BCUT2D eigenvalue weighted by Gasteiger charge is -2.17. The van der Waals surface area contributed by atoms with Crippen LogP contribution in [-0.4, -0.2) is 26.8 Å². The molecule has 1 aliphatic rings. The number of aromatic nitrogens is 3. The third-order valence-electron chi connectivity index (χ3n) is 5.72. The summed E-state index contributed by atoms with van der Waals surface area (Å²) in [5, 5.41) is 7.60. The van der Waals surface area contributed by atoms with Gasteiger partial charge >= 0.3 is 0 Å². The number of hydrogen-bond donors (Lipinski definition) is 2. The van der Waals surface area contributed by atoms with E-state index in [4.69, 9.17) is 5.73 Å². The van der Waals surface area contributed by atoms with E-state index in [2.05, 4.69) is 68.9 Å². The van der Waals surface area contributed by atoms with E-state index in [1.807, 2.05) is 4.68 Å². The van der Waals surface area contributed by atoms with Gasteiger partial charge in [-0.15, -0.1) is 24.0 Å². The second-order valence-electron chi connectivity index (χ2n) is 7.98. The first-order valence-electron chi connectivity index (χ1n) is 10.8. The number of guanidine groups is 1. The summed E-state index contributed by atoms with van der Waals surface area (Å²) in [4.78, 5) is 8.63. The number of nitrogens with zero attached hydrogens (tertiary/aromatic N) is 4. The molecular formula is C24H31IN6. The van der Waals surface area contributed by atoms with Gasteiger partial charge in [0.25, 0.3) is 0 Å². The average molecular weight is 530 g/mol. The molecule has 0 unspecified atom stereocenters. The first-order valence-corrected chi connectivity index (χ1v) is 10.8. The summed E-state index contributed by atoms with van der Waals surface area (Å²) in [6.07, 6.45) is 10.9. The highest BCUT2D eigenvalue weighted by molar-refractivity contribution is 14.0. The SMILES string of the molecule is I.NC(=NCc1ccccc1-c1ccc(Cn2cncn2)cc1)NC1CCCCCC1. The molecule has 2 aromatic carbocycles. The zero-order valence-electron chi connectivity index (χ0n) is 17.8. The van der Waals surface area contributed by atoms with Crippen molar-refractivity contribution in [3.05, 3.63) is 72.3 Å². The molecule has 164 valence electrons. The molecule has 1 fully saturated rings. The molecule has 1 saturated carbocycles. The van der Waals surface area contributed by atoms with Crippen molar-refractivity contribution in [2.45, 2.75) is 57.7 Å². The summed E-state index contributed by atoms with van der Waals surface area (Å²) in [6.45, 7) is 1.29. The van der Waals surface area contributed by atoms with Crippen LogP contribution in [0, 0.1) is 0 Å². The van der Waals surface area contributed by atoms with Gasteiger partial charge in [-0.3, -0.25) is 0 Å². The van der Waals surface area contributed by atoms with Gasteiger partial charge in [-0.25, -0.2) is 14.7 Å². The van der Waals surface area contributed by atoms with Crippen molar-refractivity contribution in [1.29, 1.82) is 0 Å². The van der Waals surface area contributed by atoms with Crippen molar-refractivity contribution in [1.82, 2.24) is 20.1 Å². The molecule has 3 N–H and O–H groups in total. The number of aliphatic imine (C=N–C) groups is 1. The Morgan fingerprint density at radius 3 is 2.48 bits per heavy atom. The Bertz CT molecular complexity index is 944. The lowest BCUT2D eigenvalue weighted by atomic mass is 9.98. The van der Waals surface area contributed by atoms with Gasteiger partial charge < -0.3 is 11.1 Å². The lowest BCUT2D eigenvalue weighted by Crippen LogP contribution is -2.39. The Morgan fingerprint density at radius 1 is 1.03 bits per heavy atom. The van der Waals surface area contributed by atoms with Crippen LogP contribution in [-0.2, 0) is 13.1 Å². The monoisotopic (exact) mass is 530 g/mol. The Kier molecular flexibility index (Phi) is 8.87. The molecule has 31 heavy (non-hydrogen) atoms. The Hall–Kier alpha value is -2.42. The second-order valence-corrected chi connectivity index (χ2v) is 7.98. The van der Waals surface area contributed by atoms with Crippen molar-refractivity contribution in [2.75, 3.05) is 0 Å². The maximum atomic E-state index is 6.20. The van der Waals surface area contributed by atoms with Crippen LogP contribution in [0.3, 0.4) is 0 Å². The summed E-state index contributed by atoms with van der Waals surface area (Å²) in [7, 11) is 0. The normalized spacial score (nSPS) is 15.2. The van der Waals surface area contributed by atoms with Crippen LogP contribution in [0.25, 0.3) is 11.1 Å².